The summed E-state index contributed by atoms with van der Waals surface area (Å²) in [7, 11) is 0. The Morgan fingerprint density at radius 3 is 1.22 bits per heavy atom. The van der Waals surface area contributed by atoms with Crippen LogP contribution in [0.2, 0.25) is 0 Å². The number of fused-ring (bicyclic) bond motifs is 2. The average Bonchev–Trinajstić information content (AvgIpc) is 2.92. The normalized spacial score (nSPS) is 16.8. The van der Waals surface area contributed by atoms with Crippen molar-refractivity contribution < 1.29 is 0 Å². The van der Waals surface area contributed by atoms with Gasteiger partial charge in [-0.25, -0.2) is 0 Å². The lowest BCUT2D eigenvalue weighted by atomic mass is 9.79. The van der Waals surface area contributed by atoms with Gasteiger partial charge in [-0.2, -0.15) is 0 Å². The van der Waals surface area contributed by atoms with Crippen LogP contribution in [0.25, 0.3) is 21.5 Å². The fraction of sp³-hybridized carbons (Fsp3) is 0.459. The first-order valence-corrected chi connectivity index (χ1v) is 14.8. The molecule has 0 fully saturated rings. The summed E-state index contributed by atoms with van der Waals surface area (Å²) in [6.45, 7) is 14.7. The Kier molecular flexibility index (Phi) is 9.47. The second-order valence-corrected chi connectivity index (χ2v) is 12.3. The molecule has 4 aromatic rings. The molecule has 6 unspecified atom stereocenters. The molecule has 4 aromatic carbocycles. The lowest BCUT2D eigenvalue weighted by Gasteiger charge is -2.26. The third kappa shape index (κ3) is 7.25. The van der Waals surface area contributed by atoms with Crippen LogP contribution in [0.4, 0.5) is 0 Å². The van der Waals surface area contributed by atoms with Crippen LogP contribution in [0.5, 0.6) is 0 Å². The molecule has 37 heavy (non-hydrogen) atoms. The lowest BCUT2D eigenvalue weighted by Crippen LogP contribution is -2.14. The molecule has 0 heterocycles. The fourth-order valence-corrected chi connectivity index (χ4v) is 6.21. The Bertz CT molecular complexity index is 1170. The van der Waals surface area contributed by atoms with Crippen LogP contribution in [-0.4, -0.2) is 0 Å². The number of hydrogen-bond acceptors (Lipinski definition) is 0. The van der Waals surface area contributed by atoms with Gasteiger partial charge in [0, 0.05) is 0 Å². The van der Waals surface area contributed by atoms with E-state index in [1.165, 1.54) is 64.8 Å². The van der Waals surface area contributed by atoms with Crippen molar-refractivity contribution in [2.75, 3.05) is 0 Å². The van der Waals surface area contributed by atoms with Crippen molar-refractivity contribution in [2.45, 2.75) is 85.5 Å². The van der Waals surface area contributed by atoms with E-state index in [4.69, 9.17) is 0 Å². The van der Waals surface area contributed by atoms with Gasteiger partial charge in [0.1, 0.15) is 0 Å². The second-order valence-electron chi connectivity index (χ2n) is 12.3. The maximum atomic E-state index is 2.48. The van der Waals surface area contributed by atoms with Gasteiger partial charge in [0.05, 0.1) is 0 Å². The molecule has 0 spiro atoms. The largest absolute Gasteiger partial charge is 0.0623 e. The monoisotopic (exact) mass is 492 g/mol. The highest BCUT2D eigenvalue weighted by Crippen LogP contribution is 2.34. The molecule has 0 heteroatoms. The van der Waals surface area contributed by atoms with Crippen LogP contribution < -0.4 is 0 Å². The minimum Gasteiger partial charge on any atom is -0.0623 e. The van der Waals surface area contributed by atoms with E-state index < -0.39 is 0 Å². The molecule has 0 saturated heterocycles. The first-order chi connectivity index (χ1) is 17.8. The fourth-order valence-electron chi connectivity index (χ4n) is 6.21. The summed E-state index contributed by atoms with van der Waals surface area (Å²) in [5.74, 6) is 4.28. The summed E-state index contributed by atoms with van der Waals surface area (Å²) >= 11 is 0. The molecule has 0 N–H and O–H groups in total. The molecule has 0 aliphatic rings. The van der Waals surface area contributed by atoms with Crippen molar-refractivity contribution in [1.82, 2.24) is 0 Å². The molecule has 0 nitrogen and oxygen atoms in total. The van der Waals surface area contributed by atoms with E-state index in [0.29, 0.717) is 11.8 Å². The zero-order valence-electron chi connectivity index (χ0n) is 24.1. The molecule has 6 atom stereocenters. The molecule has 4 rings (SSSR count). The maximum absolute atomic E-state index is 2.48. The average molecular weight is 493 g/mol. The minimum atomic E-state index is 0.609. The molecule has 0 aliphatic carbocycles. The first-order valence-electron chi connectivity index (χ1n) is 14.8. The predicted molar refractivity (Wildman–Crippen MR) is 164 cm³/mol. The molecule has 0 amide bonds. The highest BCUT2D eigenvalue weighted by molar-refractivity contribution is 5.83. The highest BCUT2D eigenvalue weighted by atomic mass is 14.3. The summed E-state index contributed by atoms with van der Waals surface area (Å²) in [4.78, 5) is 0. The van der Waals surface area contributed by atoms with Crippen LogP contribution >= 0.6 is 0 Å². The van der Waals surface area contributed by atoms with Gasteiger partial charge < -0.3 is 0 Å². The quantitative estimate of drug-likeness (QED) is 0.184. The van der Waals surface area contributed by atoms with E-state index in [1.807, 2.05) is 0 Å². The van der Waals surface area contributed by atoms with Gasteiger partial charge in [0.25, 0.3) is 0 Å². The van der Waals surface area contributed by atoms with Crippen LogP contribution in [0.15, 0.2) is 84.9 Å². The zero-order chi connectivity index (χ0) is 26.4. The third-order valence-electron chi connectivity index (χ3n) is 9.40. The van der Waals surface area contributed by atoms with Crippen molar-refractivity contribution in [2.24, 2.45) is 23.7 Å². The Morgan fingerprint density at radius 2 is 0.811 bits per heavy atom. The van der Waals surface area contributed by atoms with Crippen molar-refractivity contribution in [3.05, 3.63) is 96.1 Å². The van der Waals surface area contributed by atoms with E-state index in [0.717, 1.165) is 23.7 Å². The lowest BCUT2D eigenvalue weighted by molar-refractivity contribution is 0.282. The van der Waals surface area contributed by atoms with E-state index in [-0.39, 0.29) is 0 Å². The van der Waals surface area contributed by atoms with Crippen molar-refractivity contribution in [3.8, 4) is 0 Å². The van der Waals surface area contributed by atoms with Gasteiger partial charge in [-0.1, -0.05) is 146 Å². The molecular formula is C37H48. The highest BCUT2D eigenvalue weighted by Gasteiger charge is 2.20. The van der Waals surface area contributed by atoms with E-state index in [1.54, 1.807) is 0 Å². The molecule has 0 saturated carbocycles. The Morgan fingerprint density at radius 1 is 0.432 bits per heavy atom. The molecule has 0 bridgehead atoms. The predicted octanol–water partition coefficient (Wildman–Crippen LogP) is 11.4. The Hall–Kier alpha value is -2.60. The summed E-state index contributed by atoms with van der Waals surface area (Å²) in [6, 6.07) is 31.5. The van der Waals surface area contributed by atoms with Crippen molar-refractivity contribution >= 4 is 21.5 Å². The third-order valence-corrected chi connectivity index (χ3v) is 9.40. The van der Waals surface area contributed by atoms with Gasteiger partial charge in [-0.3, -0.25) is 0 Å². The number of hydrogen-bond donors (Lipinski definition) is 0. The van der Waals surface area contributed by atoms with Gasteiger partial charge >= 0.3 is 0 Å². The Labute approximate surface area is 226 Å². The molecule has 0 radical (unpaired) electrons. The second kappa shape index (κ2) is 12.8. The maximum Gasteiger partial charge on any atom is -0.0181 e. The van der Waals surface area contributed by atoms with Crippen LogP contribution in [0, 0.1) is 23.7 Å². The zero-order valence-corrected chi connectivity index (χ0v) is 24.1. The van der Waals surface area contributed by atoms with E-state index in [9.17, 15) is 0 Å². The van der Waals surface area contributed by atoms with Gasteiger partial charge in [0.2, 0.25) is 0 Å². The van der Waals surface area contributed by atoms with Gasteiger partial charge in [-0.15, -0.1) is 0 Å². The Balaban J connectivity index is 1.21. The molecule has 0 aliphatic heterocycles. The van der Waals surface area contributed by atoms with Gasteiger partial charge in [0.15, 0.2) is 0 Å². The molecule has 0 aromatic heterocycles. The van der Waals surface area contributed by atoms with Gasteiger partial charge in [-0.05, 0) is 81.0 Å². The van der Waals surface area contributed by atoms with E-state index >= 15 is 0 Å². The topological polar surface area (TPSA) is 0 Å². The minimum absolute atomic E-state index is 0.609. The number of benzene rings is 4. The summed E-state index contributed by atoms with van der Waals surface area (Å²) in [5, 5.41) is 5.42. The first kappa shape index (κ1) is 27.4. The summed E-state index contributed by atoms with van der Waals surface area (Å²) < 4.78 is 0. The summed E-state index contributed by atoms with van der Waals surface area (Å²) in [6.07, 6.45) is 6.60. The van der Waals surface area contributed by atoms with Crippen molar-refractivity contribution in [3.63, 3.8) is 0 Å². The number of rotatable bonds is 12. The van der Waals surface area contributed by atoms with Crippen LogP contribution in [0.1, 0.15) is 96.6 Å². The smallest absolute Gasteiger partial charge is 0.0181 e. The molecule has 196 valence electrons. The molecular weight excluding hydrogens is 444 g/mol. The van der Waals surface area contributed by atoms with Crippen molar-refractivity contribution in [1.29, 1.82) is 0 Å². The van der Waals surface area contributed by atoms with Crippen LogP contribution in [0.3, 0.4) is 0 Å². The van der Waals surface area contributed by atoms with E-state index in [2.05, 4.69) is 126 Å². The standard InChI is InChI=1S/C37H48/c1-26(28(3)22-30(5)34-20-18-32-14-7-9-16-36(32)24-34)12-11-13-27(2)29(4)23-31(6)35-21-19-33-15-8-10-17-37(33)25-35/h7-10,14-21,24-31H,11-13,22-23H2,1-6H3. The summed E-state index contributed by atoms with van der Waals surface area (Å²) in [5.41, 5.74) is 2.97. The SMILES string of the molecule is CC(CC(C)C(C)CCCC(C)C(C)CC(C)c1ccc2ccccc2c1)c1ccc2ccccc2c1. The van der Waals surface area contributed by atoms with Crippen LogP contribution in [-0.2, 0) is 0 Å².